The maximum absolute atomic E-state index is 13.1. The normalized spacial score (nSPS) is 10.4. The molecular weight excluding hydrogens is 464 g/mol. The molecule has 3 rings (SSSR count). The second-order valence-corrected chi connectivity index (χ2v) is 7.63. The molecule has 0 radical (unpaired) electrons. The molecule has 0 saturated heterocycles. The van der Waals surface area contributed by atoms with Crippen molar-refractivity contribution in [3.05, 3.63) is 63.0 Å². The SMILES string of the molecule is CCOC(=O)c1c(-c2cccc([N+](=O)[O-])c2)csc1NC(=O)c1cc(OC)c(OC)c(OC)c1. The summed E-state index contributed by atoms with van der Waals surface area (Å²) in [6, 6.07) is 8.84. The Morgan fingerprint density at radius 1 is 1.06 bits per heavy atom. The van der Waals surface area contributed by atoms with Crippen molar-refractivity contribution in [2.45, 2.75) is 6.92 Å². The quantitative estimate of drug-likeness (QED) is 0.260. The minimum absolute atomic E-state index is 0.105. The Morgan fingerprint density at radius 3 is 2.29 bits per heavy atom. The predicted octanol–water partition coefficient (Wildman–Crippen LogP) is 4.78. The zero-order valence-electron chi connectivity index (χ0n) is 18.9. The van der Waals surface area contributed by atoms with Crippen molar-refractivity contribution >= 4 is 33.9 Å². The Labute approximate surface area is 199 Å². The van der Waals surface area contributed by atoms with E-state index in [1.54, 1.807) is 18.4 Å². The van der Waals surface area contributed by atoms with Crippen LogP contribution < -0.4 is 19.5 Å². The first-order valence-electron chi connectivity index (χ1n) is 9.99. The van der Waals surface area contributed by atoms with Crippen molar-refractivity contribution in [1.82, 2.24) is 0 Å². The molecule has 1 amide bonds. The van der Waals surface area contributed by atoms with Gasteiger partial charge < -0.3 is 24.3 Å². The molecule has 178 valence electrons. The van der Waals surface area contributed by atoms with E-state index < -0.39 is 16.8 Å². The van der Waals surface area contributed by atoms with Crippen molar-refractivity contribution < 1.29 is 33.5 Å². The highest BCUT2D eigenvalue weighted by Gasteiger charge is 2.25. The molecule has 0 saturated carbocycles. The number of benzene rings is 2. The first kappa shape index (κ1) is 24.5. The third kappa shape index (κ3) is 4.94. The number of esters is 1. The van der Waals surface area contributed by atoms with Crippen LogP contribution >= 0.6 is 11.3 Å². The molecule has 10 nitrogen and oxygen atoms in total. The Bertz CT molecular complexity index is 1210. The van der Waals surface area contributed by atoms with Gasteiger partial charge in [0.15, 0.2) is 11.5 Å². The lowest BCUT2D eigenvalue weighted by Gasteiger charge is -2.14. The maximum atomic E-state index is 13.1. The smallest absolute Gasteiger partial charge is 0.341 e. The number of thiophene rings is 1. The van der Waals surface area contributed by atoms with E-state index in [1.165, 1.54) is 51.7 Å². The van der Waals surface area contributed by atoms with Crippen LogP contribution in [0.2, 0.25) is 0 Å². The van der Waals surface area contributed by atoms with Gasteiger partial charge in [0.05, 0.1) is 32.9 Å². The van der Waals surface area contributed by atoms with Gasteiger partial charge >= 0.3 is 5.97 Å². The van der Waals surface area contributed by atoms with Gasteiger partial charge in [-0.1, -0.05) is 12.1 Å². The molecule has 0 unspecified atom stereocenters. The summed E-state index contributed by atoms with van der Waals surface area (Å²) in [5.74, 6) is -0.275. The molecule has 0 spiro atoms. The van der Waals surface area contributed by atoms with Gasteiger partial charge in [-0.25, -0.2) is 4.79 Å². The molecule has 2 aromatic carbocycles. The maximum Gasteiger partial charge on any atom is 0.341 e. The number of nitrogens with one attached hydrogen (secondary N) is 1. The van der Waals surface area contributed by atoms with Gasteiger partial charge in [-0.2, -0.15) is 0 Å². The van der Waals surface area contributed by atoms with Crippen LogP contribution in [0, 0.1) is 10.1 Å². The van der Waals surface area contributed by atoms with E-state index in [1.807, 2.05) is 0 Å². The number of hydrogen-bond donors (Lipinski definition) is 1. The summed E-state index contributed by atoms with van der Waals surface area (Å²) in [7, 11) is 4.32. The van der Waals surface area contributed by atoms with Crippen LogP contribution in [0.1, 0.15) is 27.6 Å². The Kier molecular flexibility index (Phi) is 7.69. The van der Waals surface area contributed by atoms with Gasteiger partial charge in [0.2, 0.25) is 5.75 Å². The van der Waals surface area contributed by atoms with Crippen molar-refractivity contribution in [2.24, 2.45) is 0 Å². The molecule has 0 bridgehead atoms. The number of amides is 1. The summed E-state index contributed by atoms with van der Waals surface area (Å²) in [4.78, 5) is 36.5. The monoisotopic (exact) mass is 486 g/mol. The number of methoxy groups -OCH3 is 3. The van der Waals surface area contributed by atoms with Gasteiger partial charge in [-0.3, -0.25) is 14.9 Å². The third-order valence-corrected chi connectivity index (χ3v) is 5.69. The number of hydrogen-bond acceptors (Lipinski definition) is 9. The van der Waals surface area contributed by atoms with Gasteiger partial charge in [-0.05, 0) is 24.6 Å². The number of carbonyl (C=O) groups excluding carboxylic acids is 2. The van der Waals surface area contributed by atoms with Crippen molar-refractivity contribution in [1.29, 1.82) is 0 Å². The van der Waals surface area contributed by atoms with E-state index in [4.69, 9.17) is 18.9 Å². The largest absolute Gasteiger partial charge is 0.493 e. The van der Waals surface area contributed by atoms with Gasteiger partial charge in [0.25, 0.3) is 11.6 Å². The molecule has 0 atom stereocenters. The molecule has 0 aliphatic rings. The highest BCUT2D eigenvalue weighted by molar-refractivity contribution is 7.15. The Balaban J connectivity index is 2.04. The minimum atomic E-state index is -0.662. The van der Waals surface area contributed by atoms with Crippen LogP contribution in [0.25, 0.3) is 11.1 Å². The second-order valence-electron chi connectivity index (χ2n) is 6.75. The van der Waals surface area contributed by atoms with Gasteiger partial charge in [-0.15, -0.1) is 11.3 Å². The fraction of sp³-hybridized carbons (Fsp3) is 0.217. The summed E-state index contributed by atoms with van der Waals surface area (Å²) in [6.45, 7) is 1.77. The predicted molar refractivity (Wildman–Crippen MR) is 126 cm³/mol. The first-order chi connectivity index (χ1) is 16.3. The molecule has 0 aliphatic heterocycles. The Hall–Kier alpha value is -4.12. The molecule has 1 N–H and O–H groups in total. The fourth-order valence-electron chi connectivity index (χ4n) is 3.24. The first-order valence-corrected chi connectivity index (χ1v) is 10.9. The molecule has 0 aliphatic carbocycles. The topological polar surface area (TPSA) is 126 Å². The van der Waals surface area contributed by atoms with Crippen LogP contribution in [0.3, 0.4) is 0 Å². The van der Waals surface area contributed by atoms with E-state index in [2.05, 4.69) is 5.32 Å². The fourth-order valence-corrected chi connectivity index (χ4v) is 4.20. The highest BCUT2D eigenvalue weighted by Crippen LogP contribution is 2.40. The summed E-state index contributed by atoms with van der Waals surface area (Å²) in [5.41, 5.74) is 1.04. The Morgan fingerprint density at radius 2 is 1.74 bits per heavy atom. The van der Waals surface area contributed by atoms with Gasteiger partial charge in [0.1, 0.15) is 10.6 Å². The zero-order chi connectivity index (χ0) is 24.8. The summed E-state index contributed by atoms with van der Waals surface area (Å²) in [5, 5.41) is 15.8. The summed E-state index contributed by atoms with van der Waals surface area (Å²) >= 11 is 1.10. The lowest BCUT2D eigenvalue weighted by atomic mass is 10.0. The highest BCUT2D eigenvalue weighted by atomic mass is 32.1. The number of carbonyl (C=O) groups is 2. The van der Waals surface area contributed by atoms with Crippen LogP contribution in [0.5, 0.6) is 17.2 Å². The average molecular weight is 487 g/mol. The van der Waals surface area contributed by atoms with Crippen molar-refractivity contribution in [3.8, 4) is 28.4 Å². The number of rotatable bonds is 9. The van der Waals surface area contributed by atoms with E-state index in [9.17, 15) is 19.7 Å². The molecule has 0 fully saturated rings. The number of nitrogens with zero attached hydrogens (tertiary/aromatic N) is 1. The molecule has 1 aromatic heterocycles. The van der Waals surface area contributed by atoms with E-state index in [-0.39, 0.29) is 28.4 Å². The molecule has 34 heavy (non-hydrogen) atoms. The molecular formula is C23H22N2O8S. The number of nitro benzene ring substituents is 1. The van der Waals surface area contributed by atoms with E-state index in [0.717, 1.165) is 11.3 Å². The molecule has 11 heteroatoms. The number of ether oxygens (including phenoxy) is 4. The number of nitro groups is 1. The minimum Gasteiger partial charge on any atom is -0.493 e. The van der Waals surface area contributed by atoms with Crippen molar-refractivity contribution in [3.63, 3.8) is 0 Å². The van der Waals surface area contributed by atoms with E-state index >= 15 is 0 Å². The van der Waals surface area contributed by atoms with Crippen molar-refractivity contribution in [2.75, 3.05) is 33.3 Å². The van der Waals surface area contributed by atoms with Gasteiger partial charge in [0, 0.05) is 28.6 Å². The molecule has 1 heterocycles. The average Bonchev–Trinajstić information content (AvgIpc) is 3.26. The number of anilines is 1. The third-order valence-electron chi connectivity index (χ3n) is 4.79. The van der Waals surface area contributed by atoms with Crippen LogP contribution in [0.4, 0.5) is 10.7 Å². The standard InChI is InChI=1S/C23H22N2O8S/c1-5-33-23(27)19-16(13-7-6-8-15(9-13)25(28)29)12-34-22(19)24-21(26)14-10-17(30-2)20(32-4)18(11-14)31-3/h6-12H,5H2,1-4H3,(H,24,26). The van der Waals surface area contributed by atoms with Crippen LogP contribution in [-0.4, -0.2) is 44.7 Å². The summed E-state index contributed by atoms with van der Waals surface area (Å²) < 4.78 is 21.1. The second kappa shape index (κ2) is 10.7. The number of non-ortho nitro benzene ring substituents is 1. The lowest BCUT2D eigenvalue weighted by Crippen LogP contribution is -2.15. The van der Waals surface area contributed by atoms with Crippen LogP contribution in [-0.2, 0) is 4.74 Å². The van der Waals surface area contributed by atoms with Crippen LogP contribution in [0.15, 0.2) is 41.8 Å². The van der Waals surface area contributed by atoms with E-state index in [0.29, 0.717) is 28.4 Å². The zero-order valence-corrected chi connectivity index (χ0v) is 19.7. The molecule has 3 aromatic rings. The lowest BCUT2D eigenvalue weighted by molar-refractivity contribution is -0.384. The summed E-state index contributed by atoms with van der Waals surface area (Å²) in [6.07, 6.45) is 0.